The Bertz CT molecular complexity index is 1360. The van der Waals surface area contributed by atoms with Crippen LogP contribution in [0.2, 0.25) is 0 Å². The number of nitrogens with zero attached hydrogens (tertiary/aromatic N) is 3. The lowest BCUT2D eigenvalue weighted by molar-refractivity contribution is -0.136. The van der Waals surface area contributed by atoms with Crippen LogP contribution in [-0.4, -0.2) is 41.0 Å². The Balaban J connectivity index is 1.46. The second kappa shape index (κ2) is 9.77. The van der Waals surface area contributed by atoms with E-state index in [4.69, 9.17) is 9.15 Å². The number of para-hydroxylation sites is 2. The normalized spacial score (nSPS) is 14.3. The van der Waals surface area contributed by atoms with Crippen molar-refractivity contribution < 1.29 is 18.7 Å². The molecule has 0 aliphatic carbocycles. The van der Waals surface area contributed by atoms with Gasteiger partial charge in [-0.3, -0.25) is 14.5 Å². The molecule has 1 atom stereocenters. The Morgan fingerprint density at radius 2 is 1.72 bits per heavy atom. The quantitative estimate of drug-likeness (QED) is 0.371. The van der Waals surface area contributed by atoms with Crippen LogP contribution in [0.5, 0.6) is 5.75 Å². The van der Waals surface area contributed by atoms with Gasteiger partial charge in [-0.05, 0) is 67.9 Å². The summed E-state index contributed by atoms with van der Waals surface area (Å²) in [5.74, 6) is 1.12. The van der Waals surface area contributed by atoms with Gasteiger partial charge in [-0.25, -0.2) is 0 Å². The van der Waals surface area contributed by atoms with Gasteiger partial charge in [0, 0.05) is 12.2 Å². The van der Waals surface area contributed by atoms with Gasteiger partial charge in [-0.15, -0.1) is 0 Å². The number of methoxy groups -OCH3 is 1. The molecule has 0 fully saturated rings. The van der Waals surface area contributed by atoms with Gasteiger partial charge >= 0.3 is 0 Å². The summed E-state index contributed by atoms with van der Waals surface area (Å²) in [6.07, 6.45) is 3.81. The number of aromatic nitrogens is 1. The zero-order valence-electron chi connectivity index (χ0n) is 20.6. The van der Waals surface area contributed by atoms with E-state index in [2.05, 4.69) is 4.57 Å². The molecule has 0 saturated heterocycles. The fourth-order valence-corrected chi connectivity index (χ4v) is 4.78. The highest BCUT2D eigenvalue weighted by Gasteiger charge is 2.38. The maximum absolute atomic E-state index is 14.0. The first-order valence-electron chi connectivity index (χ1n) is 12.0. The SMILES string of the molecule is COc1ccc(CC(=O)N(CC(=O)N2c3ccccc3-n3cccc3C2c2ccco2)C(C)C)cc1. The summed E-state index contributed by atoms with van der Waals surface area (Å²) in [4.78, 5) is 30.8. The molecule has 7 heteroatoms. The molecule has 0 bridgehead atoms. The number of hydrogen-bond donors (Lipinski definition) is 0. The van der Waals surface area contributed by atoms with E-state index in [9.17, 15) is 9.59 Å². The van der Waals surface area contributed by atoms with Gasteiger partial charge in [0.25, 0.3) is 0 Å². The molecule has 7 nitrogen and oxygen atoms in total. The molecule has 2 aromatic carbocycles. The molecule has 4 aromatic rings. The first-order valence-corrected chi connectivity index (χ1v) is 12.0. The van der Waals surface area contributed by atoms with E-state index in [1.54, 1.807) is 23.2 Å². The van der Waals surface area contributed by atoms with Crippen LogP contribution in [0.15, 0.2) is 89.7 Å². The smallest absolute Gasteiger partial charge is 0.247 e. The Kier molecular flexibility index (Phi) is 6.38. The molecule has 0 radical (unpaired) electrons. The fourth-order valence-electron chi connectivity index (χ4n) is 4.78. The maximum atomic E-state index is 14.0. The second-order valence-corrected chi connectivity index (χ2v) is 9.11. The summed E-state index contributed by atoms with van der Waals surface area (Å²) in [5, 5.41) is 0. The number of furan rings is 1. The maximum Gasteiger partial charge on any atom is 0.247 e. The number of carbonyl (C=O) groups is 2. The van der Waals surface area contributed by atoms with Gasteiger partial charge in [0.05, 0.1) is 36.9 Å². The lowest BCUT2D eigenvalue weighted by atomic mass is 10.0. The Labute approximate surface area is 210 Å². The molecular weight excluding hydrogens is 454 g/mol. The standard InChI is InChI=1S/C29H29N3O4/c1-20(2)31(27(33)18-21-12-14-22(35-3)15-13-21)19-28(34)32-24-9-5-4-8-23(24)30-16-6-10-25(30)29(32)26-11-7-17-36-26/h4-17,20,29H,18-19H2,1-3H3. The highest BCUT2D eigenvalue weighted by Crippen LogP contribution is 2.42. The molecule has 184 valence electrons. The van der Waals surface area contributed by atoms with Gasteiger partial charge < -0.3 is 18.6 Å². The monoisotopic (exact) mass is 483 g/mol. The molecule has 1 aliphatic rings. The van der Waals surface area contributed by atoms with E-state index < -0.39 is 6.04 Å². The number of benzene rings is 2. The minimum absolute atomic E-state index is 0.0428. The number of carbonyl (C=O) groups excluding carboxylic acids is 2. The number of hydrogen-bond acceptors (Lipinski definition) is 4. The van der Waals surface area contributed by atoms with Crippen molar-refractivity contribution in [2.75, 3.05) is 18.6 Å². The van der Waals surface area contributed by atoms with Crippen molar-refractivity contribution in [2.24, 2.45) is 0 Å². The minimum Gasteiger partial charge on any atom is -0.497 e. The predicted octanol–water partition coefficient (Wildman–Crippen LogP) is 4.99. The van der Waals surface area contributed by atoms with Crippen LogP contribution < -0.4 is 9.64 Å². The highest BCUT2D eigenvalue weighted by atomic mass is 16.5. The van der Waals surface area contributed by atoms with Crippen molar-refractivity contribution in [3.05, 3.63) is 102 Å². The van der Waals surface area contributed by atoms with E-state index >= 15 is 0 Å². The summed E-state index contributed by atoms with van der Waals surface area (Å²) in [5.41, 5.74) is 3.49. The first-order chi connectivity index (χ1) is 17.5. The third-order valence-corrected chi connectivity index (χ3v) is 6.56. The van der Waals surface area contributed by atoms with Crippen molar-refractivity contribution >= 4 is 17.5 Å². The molecule has 1 unspecified atom stereocenters. The second-order valence-electron chi connectivity index (χ2n) is 9.11. The molecule has 0 saturated carbocycles. The summed E-state index contributed by atoms with van der Waals surface area (Å²) < 4.78 is 13.1. The summed E-state index contributed by atoms with van der Waals surface area (Å²) in [7, 11) is 1.61. The van der Waals surface area contributed by atoms with Crippen molar-refractivity contribution in [3.63, 3.8) is 0 Å². The van der Waals surface area contributed by atoms with Crippen LogP contribution in [0, 0.1) is 0 Å². The van der Waals surface area contributed by atoms with Crippen molar-refractivity contribution in [3.8, 4) is 11.4 Å². The molecule has 2 aromatic heterocycles. The van der Waals surface area contributed by atoms with Gasteiger partial charge in [0.15, 0.2) is 0 Å². The van der Waals surface area contributed by atoms with Crippen LogP contribution in [0.3, 0.4) is 0 Å². The van der Waals surface area contributed by atoms with E-state index in [1.165, 1.54) is 0 Å². The Morgan fingerprint density at radius 3 is 2.39 bits per heavy atom. The fraction of sp³-hybridized carbons (Fsp3) is 0.241. The molecule has 0 N–H and O–H groups in total. The summed E-state index contributed by atoms with van der Waals surface area (Å²) in [6, 6.07) is 22.3. The molecule has 3 heterocycles. The Morgan fingerprint density at radius 1 is 0.972 bits per heavy atom. The minimum atomic E-state index is -0.442. The lowest BCUT2D eigenvalue weighted by Crippen LogP contribution is -2.49. The zero-order chi connectivity index (χ0) is 25.2. The Hall–Kier alpha value is -4.26. The average Bonchev–Trinajstić information content (AvgIpc) is 3.59. The van der Waals surface area contributed by atoms with Crippen LogP contribution in [0.25, 0.3) is 5.69 Å². The number of ether oxygens (including phenoxy) is 1. The van der Waals surface area contributed by atoms with Crippen molar-refractivity contribution in [1.82, 2.24) is 9.47 Å². The van der Waals surface area contributed by atoms with Crippen LogP contribution >= 0.6 is 0 Å². The van der Waals surface area contributed by atoms with E-state index in [1.807, 2.05) is 92.8 Å². The molecule has 36 heavy (non-hydrogen) atoms. The molecule has 0 spiro atoms. The number of rotatable bonds is 7. The van der Waals surface area contributed by atoms with Crippen LogP contribution in [0.1, 0.15) is 36.9 Å². The number of amides is 2. The predicted molar refractivity (Wildman–Crippen MR) is 137 cm³/mol. The van der Waals surface area contributed by atoms with Crippen LogP contribution in [0.4, 0.5) is 5.69 Å². The van der Waals surface area contributed by atoms with E-state index in [-0.39, 0.29) is 30.8 Å². The van der Waals surface area contributed by atoms with Gasteiger partial charge in [0.2, 0.25) is 11.8 Å². The van der Waals surface area contributed by atoms with Crippen LogP contribution in [-0.2, 0) is 16.0 Å². The first kappa shape index (κ1) is 23.5. The molecular formula is C29H29N3O4. The largest absolute Gasteiger partial charge is 0.497 e. The summed E-state index contributed by atoms with van der Waals surface area (Å²) in [6.45, 7) is 3.82. The lowest BCUT2D eigenvalue weighted by Gasteiger charge is -2.38. The highest BCUT2D eigenvalue weighted by molar-refractivity contribution is 6.00. The topological polar surface area (TPSA) is 67.9 Å². The number of anilines is 1. The molecule has 2 amide bonds. The van der Waals surface area contributed by atoms with Gasteiger partial charge in [-0.1, -0.05) is 24.3 Å². The zero-order valence-corrected chi connectivity index (χ0v) is 20.6. The molecule has 5 rings (SSSR count). The third-order valence-electron chi connectivity index (χ3n) is 6.56. The van der Waals surface area contributed by atoms with Gasteiger partial charge in [-0.2, -0.15) is 0 Å². The average molecular weight is 484 g/mol. The van der Waals surface area contributed by atoms with Gasteiger partial charge in [0.1, 0.15) is 24.1 Å². The summed E-state index contributed by atoms with van der Waals surface area (Å²) >= 11 is 0. The third kappa shape index (κ3) is 4.28. The number of fused-ring (bicyclic) bond motifs is 3. The van der Waals surface area contributed by atoms with Crippen molar-refractivity contribution in [2.45, 2.75) is 32.4 Å². The van der Waals surface area contributed by atoms with E-state index in [0.717, 1.165) is 28.4 Å². The van der Waals surface area contributed by atoms with E-state index in [0.29, 0.717) is 5.76 Å². The molecule has 1 aliphatic heterocycles. The van der Waals surface area contributed by atoms with Crippen molar-refractivity contribution in [1.29, 1.82) is 0 Å².